The van der Waals surface area contributed by atoms with Gasteiger partial charge in [-0.05, 0) is 34.5 Å². The van der Waals surface area contributed by atoms with Gasteiger partial charge in [0, 0.05) is 23.2 Å². The molecule has 8 heteroatoms. The fourth-order valence-corrected chi connectivity index (χ4v) is 3.70. The van der Waals surface area contributed by atoms with Gasteiger partial charge < -0.3 is 16.6 Å². The number of anilines is 1. The lowest BCUT2D eigenvalue weighted by Crippen LogP contribution is -2.17. The number of allylic oxidation sites excluding steroid dienone is 3. The Morgan fingerprint density at radius 2 is 2.26 bits per heavy atom. The van der Waals surface area contributed by atoms with Gasteiger partial charge in [0.15, 0.2) is 0 Å². The summed E-state index contributed by atoms with van der Waals surface area (Å²) in [5.41, 5.74) is 13.0. The van der Waals surface area contributed by atoms with Crippen LogP contribution in [0.4, 0.5) is 5.82 Å². The van der Waals surface area contributed by atoms with Crippen molar-refractivity contribution < 1.29 is 9.90 Å². The maximum absolute atomic E-state index is 11.8. The molecule has 2 aromatic heterocycles. The molecule has 3 rings (SSSR count). The second kappa shape index (κ2) is 5.58. The standard InChI is InChI=1S/C15H14BrClN4O2/c1-6-2-3-9(22)11(16)12(6)21-13(18)10(14(19)23)8-4-7(17)5-20-15(8)21/h3-6,22H,2,18H2,1H3,(H2,19,23). The summed E-state index contributed by atoms with van der Waals surface area (Å²) in [5.74, 6) is -0.309. The van der Waals surface area contributed by atoms with Gasteiger partial charge in [0.2, 0.25) is 0 Å². The van der Waals surface area contributed by atoms with Gasteiger partial charge in [-0.15, -0.1) is 0 Å². The predicted molar refractivity (Wildman–Crippen MR) is 94.3 cm³/mol. The number of primary amides is 1. The minimum Gasteiger partial charge on any atom is -0.507 e. The van der Waals surface area contributed by atoms with Crippen molar-refractivity contribution in [2.75, 3.05) is 5.73 Å². The maximum Gasteiger partial charge on any atom is 0.253 e. The molecule has 1 atom stereocenters. The summed E-state index contributed by atoms with van der Waals surface area (Å²) < 4.78 is 2.15. The number of aliphatic hydroxyl groups excluding tert-OH is 1. The third-order valence-electron chi connectivity index (χ3n) is 3.88. The summed E-state index contributed by atoms with van der Waals surface area (Å²) in [6.45, 7) is 1.99. The summed E-state index contributed by atoms with van der Waals surface area (Å²) in [4.78, 5) is 16.1. The highest BCUT2D eigenvalue weighted by molar-refractivity contribution is 9.12. The molecule has 0 saturated carbocycles. The summed E-state index contributed by atoms with van der Waals surface area (Å²) in [6.07, 6.45) is 3.83. The number of halogens is 2. The molecular weight excluding hydrogens is 384 g/mol. The van der Waals surface area contributed by atoms with E-state index in [-0.39, 0.29) is 23.1 Å². The number of carbonyl (C=O) groups is 1. The van der Waals surface area contributed by atoms with Crippen molar-refractivity contribution in [2.24, 2.45) is 11.7 Å². The molecule has 1 unspecified atom stereocenters. The number of carbonyl (C=O) groups excluding carboxylic acids is 1. The van der Waals surface area contributed by atoms with Gasteiger partial charge in [0.25, 0.3) is 5.91 Å². The topological polar surface area (TPSA) is 107 Å². The second-order valence-electron chi connectivity index (χ2n) is 5.41. The Balaban J connectivity index is 2.43. The monoisotopic (exact) mass is 396 g/mol. The summed E-state index contributed by atoms with van der Waals surface area (Å²) in [7, 11) is 0. The van der Waals surface area contributed by atoms with Crippen LogP contribution in [0.25, 0.3) is 16.7 Å². The van der Waals surface area contributed by atoms with E-state index in [2.05, 4.69) is 20.9 Å². The fourth-order valence-electron chi connectivity index (χ4n) is 2.82. The van der Waals surface area contributed by atoms with Crippen LogP contribution in [0.5, 0.6) is 0 Å². The molecule has 6 nitrogen and oxygen atoms in total. The Bertz CT molecular complexity index is 901. The summed E-state index contributed by atoms with van der Waals surface area (Å²) >= 11 is 9.38. The zero-order valence-corrected chi connectivity index (χ0v) is 14.5. The lowest BCUT2D eigenvalue weighted by molar-refractivity contribution is 0.100. The average molecular weight is 398 g/mol. The first kappa shape index (κ1) is 15.9. The molecule has 1 aliphatic rings. The van der Waals surface area contributed by atoms with Crippen molar-refractivity contribution in [3.8, 4) is 0 Å². The highest BCUT2D eigenvalue weighted by atomic mass is 79.9. The van der Waals surface area contributed by atoms with Gasteiger partial charge >= 0.3 is 0 Å². The van der Waals surface area contributed by atoms with Crippen molar-refractivity contribution >= 4 is 56.0 Å². The van der Waals surface area contributed by atoms with Crippen LogP contribution in [0.15, 0.2) is 28.6 Å². The molecule has 120 valence electrons. The third-order valence-corrected chi connectivity index (χ3v) is 4.90. The minimum atomic E-state index is -0.657. The molecule has 0 bridgehead atoms. The van der Waals surface area contributed by atoms with Crippen molar-refractivity contribution in [3.63, 3.8) is 0 Å². The van der Waals surface area contributed by atoms with Crippen LogP contribution in [-0.4, -0.2) is 20.6 Å². The third kappa shape index (κ3) is 2.40. The van der Waals surface area contributed by atoms with Crippen molar-refractivity contribution in [3.05, 3.63) is 39.2 Å². The molecule has 2 aromatic rings. The second-order valence-corrected chi connectivity index (χ2v) is 6.64. The lowest BCUT2D eigenvalue weighted by Gasteiger charge is -2.23. The number of aliphatic hydroxyl groups is 1. The van der Waals surface area contributed by atoms with E-state index in [0.717, 1.165) is 5.70 Å². The number of nitrogen functional groups attached to an aromatic ring is 1. The van der Waals surface area contributed by atoms with Crippen LogP contribution in [0, 0.1) is 5.92 Å². The molecule has 1 amide bonds. The number of fused-ring (bicyclic) bond motifs is 1. The predicted octanol–water partition coefficient (Wildman–Crippen LogP) is 3.42. The molecular formula is C15H14BrClN4O2. The zero-order valence-electron chi connectivity index (χ0n) is 12.2. The van der Waals surface area contributed by atoms with Crippen molar-refractivity contribution in [1.29, 1.82) is 0 Å². The number of pyridine rings is 1. The number of nitrogens with two attached hydrogens (primary N) is 2. The molecule has 0 aliphatic heterocycles. The maximum atomic E-state index is 11.8. The van der Waals surface area contributed by atoms with Gasteiger partial charge in [-0.2, -0.15) is 0 Å². The number of rotatable bonds is 2. The molecule has 2 heterocycles. The van der Waals surface area contributed by atoms with Gasteiger partial charge in [-0.25, -0.2) is 4.98 Å². The smallest absolute Gasteiger partial charge is 0.253 e. The van der Waals surface area contributed by atoms with Crippen LogP contribution < -0.4 is 11.5 Å². The number of hydrogen-bond donors (Lipinski definition) is 3. The van der Waals surface area contributed by atoms with E-state index < -0.39 is 5.91 Å². The molecule has 0 saturated heterocycles. The van der Waals surface area contributed by atoms with E-state index in [1.807, 2.05) is 6.92 Å². The van der Waals surface area contributed by atoms with E-state index in [4.69, 9.17) is 23.1 Å². The first-order valence-electron chi connectivity index (χ1n) is 6.87. The molecule has 1 aliphatic carbocycles. The van der Waals surface area contributed by atoms with Crippen LogP contribution in [0.1, 0.15) is 23.7 Å². The van der Waals surface area contributed by atoms with Crippen LogP contribution >= 0.6 is 27.5 Å². The average Bonchev–Trinajstić information content (AvgIpc) is 2.75. The van der Waals surface area contributed by atoms with Gasteiger partial charge in [-0.1, -0.05) is 18.5 Å². The molecule has 0 spiro atoms. The molecule has 5 N–H and O–H groups in total. The molecule has 0 radical (unpaired) electrons. The Hall–Kier alpha value is -1.99. The van der Waals surface area contributed by atoms with E-state index in [1.165, 1.54) is 6.20 Å². The highest BCUT2D eigenvalue weighted by Crippen LogP contribution is 2.41. The molecule has 0 fully saturated rings. The SMILES string of the molecule is CC1CC=C(O)C(Br)=C1n1c(N)c(C(N)=O)c2cc(Cl)cnc21. The number of hydrogen-bond acceptors (Lipinski definition) is 4. The van der Waals surface area contributed by atoms with Crippen molar-refractivity contribution in [1.82, 2.24) is 9.55 Å². The van der Waals surface area contributed by atoms with Gasteiger partial charge in [0.1, 0.15) is 17.2 Å². The quantitative estimate of drug-likeness (QED) is 0.721. The normalized spacial score (nSPS) is 18.4. The zero-order chi connectivity index (χ0) is 16.9. The van der Waals surface area contributed by atoms with Crippen molar-refractivity contribution in [2.45, 2.75) is 13.3 Å². The minimum absolute atomic E-state index is 0.0522. The Morgan fingerprint density at radius 1 is 1.57 bits per heavy atom. The lowest BCUT2D eigenvalue weighted by atomic mass is 9.98. The van der Waals surface area contributed by atoms with Crippen LogP contribution in [-0.2, 0) is 0 Å². The first-order chi connectivity index (χ1) is 10.8. The number of nitrogens with zero attached hydrogens (tertiary/aromatic N) is 2. The number of aromatic nitrogens is 2. The van der Waals surface area contributed by atoms with Crippen LogP contribution in [0.2, 0.25) is 5.02 Å². The summed E-state index contributed by atoms with van der Waals surface area (Å²) in [5, 5.41) is 10.9. The van der Waals surface area contributed by atoms with Gasteiger partial charge in [-0.3, -0.25) is 9.36 Å². The first-order valence-corrected chi connectivity index (χ1v) is 8.04. The molecule has 0 aromatic carbocycles. The Labute approximate surface area is 145 Å². The Morgan fingerprint density at radius 3 is 2.91 bits per heavy atom. The van der Waals surface area contributed by atoms with Gasteiger partial charge in [0.05, 0.1) is 15.1 Å². The highest BCUT2D eigenvalue weighted by Gasteiger charge is 2.28. The Kier molecular flexibility index (Phi) is 3.85. The van der Waals surface area contributed by atoms with E-state index >= 15 is 0 Å². The number of amides is 1. The van der Waals surface area contributed by atoms with E-state index in [1.54, 1.807) is 16.7 Å². The summed E-state index contributed by atoms with van der Waals surface area (Å²) in [6, 6.07) is 1.61. The molecule has 23 heavy (non-hydrogen) atoms. The largest absolute Gasteiger partial charge is 0.507 e. The van der Waals surface area contributed by atoms with E-state index in [9.17, 15) is 9.90 Å². The fraction of sp³-hybridized carbons (Fsp3) is 0.200. The van der Waals surface area contributed by atoms with E-state index in [0.29, 0.717) is 27.0 Å². The van der Waals surface area contributed by atoms with Crippen LogP contribution in [0.3, 0.4) is 0 Å².